The van der Waals surface area contributed by atoms with Crippen molar-refractivity contribution < 1.29 is 9.50 Å². The summed E-state index contributed by atoms with van der Waals surface area (Å²) in [6.45, 7) is 2.17. The third-order valence-corrected chi connectivity index (χ3v) is 3.73. The van der Waals surface area contributed by atoms with Gasteiger partial charge in [-0.15, -0.1) is 0 Å². The number of piperidine rings is 1. The summed E-state index contributed by atoms with van der Waals surface area (Å²) in [5, 5.41) is 13.8. The maximum atomic E-state index is 13.2. The van der Waals surface area contributed by atoms with Crippen LogP contribution >= 0.6 is 0 Å². The first-order valence-corrected chi connectivity index (χ1v) is 6.90. The van der Waals surface area contributed by atoms with Gasteiger partial charge in [-0.05, 0) is 37.0 Å². The second-order valence-electron chi connectivity index (χ2n) is 5.19. The number of aliphatic hydroxyl groups excluding tert-OH is 1. The highest BCUT2D eigenvalue weighted by Crippen LogP contribution is 2.26. The van der Waals surface area contributed by atoms with Gasteiger partial charge in [0.05, 0.1) is 6.10 Å². The van der Waals surface area contributed by atoms with Crippen molar-refractivity contribution in [2.24, 2.45) is 0 Å². The molecule has 1 heterocycles. The minimum absolute atomic E-state index is 0.0529. The average molecular weight is 251 g/mol. The quantitative estimate of drug-likeness (QED) is 0.861. The van der Waals surface area contributed by atoms with Gasteiger partial charge in [0, 0.05) is 12.1 Å². The number of benzene rings is 1. The average Bonchev–Trinajstić information content (AvgIpc) is 2.39. The monoisotopic (exact) mass is 251 g/mol. The number of aliphatic hydroxyl groups is 1. The summed E-state index contributed by atoms with van der Waals surface area (Å²) >= 11 is 0. The first-order valence-electron chi connectivity index (χ1n) is 6.90. The zero-order chi connectivity index (χ0) is 13.0. The van der Waals surface area contributed by atoms with Crippen LogP contribution in [-0.4, -0.2) is 17.2 Å². The van der Waals surface area contributed by atoms with Crippen LogP contribution in [0.1, 0.15) is 50.7 Å². The SMILES string of the molecule is CCC[C@H]1CCC[C@H]([C@@H](O)c2cccc(F)c2)N1. The fourth-order valence-corrected chi connectivity index (χ4v) is 2.80. The van der Waals surface area contributed by atoms with E-state index in [-0.39, 0.29) is 11.9 Å². The van der Waals surface area contributed by atoms with E-state index in [9.17, 15) is 9.50 Å². The van der Waals surface area contributed by atoms with E-state index < -0.39 is 6.10 Å². The normalized spacial score (nSPS) is 25.9. The molecule has 2 rings (SSSR count). The third kappa shape index (κ3) is 3.30. The zero-order valence-electron chi connectivity index (χ0n) is 10.9. The van der Waals surface area contributed by atoms with Gasteiger partial charge in [0.2, 0.25) is 0 Å². The van der Waals surface area contributed by atoms with E-state index >= 15 is 0 Å². The van der Waals surface area contributed by atoms with Gasteiger partial charge in [0.25, 0.3) is 0 Å². The van der Waals surface area contributed by atoms with Crippen LogP contribution in [0.15, 0.2) is 24.3 Å². The largest absolute Gasteiger partial charge is 0.387 e. The summed E-state index contributed by atoms with van der Waals surface area (Å²) in [6, 6.07) is 6.83. The van der Waals surface area contributed by atoms with Crippen molar-refractivity contribution in [3.05, 3.63) is 35.6 Å². The van der Waals surface area contributed by atoms with Crippen LogP contribution in [0.4, 0.5) is 4.39 Å². The minimum Gasteiger partial charge on any atom is -0.387 e. The smallest absolute Gasteiger partial charge is 0.123 e. The van der Waals surface area contributed by atoms with E-state index in [0.29, 0.717) is 11.6 Å². The lowest BCUT2D eigenvalue weighted by Gasteiger charge is -2.34. The Morgan fingerprint density at radius 1 is 1.44 bits per heavy atom. The summed E-state index contributed by atoms with van der Waals surface area (Å²) in [4.78, 5) is 0. The van der Waals surface area contributed by atoms with E-state index in [1.807, 2.05) is 0 Å². The van der Waals surface area contributed by atoms with Crippen LogP contribution < -0.4 is 5.32 Å². The Labute approximate surface area is 108 Å². The van der Waals surface area contributed by atoms with Crippen molar-refractivity contribution >= 4 is 0 Å². The molecule has 0 bridgehead atoms. The van der Waals surface area contributed by atoms with Crippen molar-refractivity contribution in [3.63, 3.8) is 0 Å². The fraction of sp³-hybridized carbons (Fsp3) is 0.600. The number of hydrogen-bond donors (Lipinski definition) is 2. The van der Waals surface area contributed by atoms with Gasteiger partial charge in [0.1, 0.15) is 5.82 Å². The predicted molar refractivity (Wildman–Crippen MR) is 70.8 cm³/mol. The van der Waals surface area contributed by atoms with Gasteiger partial charge < -0.3 is 10.4 Å². The molecule has 18 heavy (non-hydrogen) atoms. The Balaban J connectivity index is 2.02. The van der Waals surface area contributed by atoms with E-state index in [1.54, 1.807) is 12.1 Å². The van der Waals surface area contributed by atoms with Crippen LogP contribution in [0, 0.1) is 5.82 Å². The first-order chi connectivity index (χ1) is 8.70. The molecule has 0 spiro atoms. The number of nitrogens with one attached hydrogen (secondary N) is 1. The van der Waals surface area contributed by atoms with E-state index in [2.05, 4.69) is 12.2 Å². The lowest BCUT2D eigenvalue weighted by molar-refractivity contribution is 0.0995. The highest BCUT2D eigenvalue weighted by molar-refractivity contribution is 5.20. The molecule has 1 aliphatic rings. The Morgan fingerprint density at radius 3 is 3.00 bits per heavy atom. The third-order valence-electron chi connectivity index (χ3n) is 3.73. The number of rotatable bonds is 4. The molecule has 0 saturated carbocycles. The molecule has 0 radical (unpaired) electrons. The second-order valence-corrected chi connectivity index (χ2v) is 5.19. The molecule has 100 valence electrons. The molecule has 3 atom stereocenters. The van der Waals surface area contributed by atoms with Crippen molar-refractivity contribution in [2.45, 2.75) is 57.2 Å². The molecule has 1 aromatic rings. The standard InChI is InChI=1S/C15H22FNO/c1-2-5-13-8-4-9-14(17-13)15(18)11-6-3-7-12(16)10-11/h3,6-7,10,13-15,17-18H,2,4-5,8-9H2,1H3/t13-,14+,15-/m0/s1. The van der Waals surface area contributed by atoms with Crippen molar-refractivity contribution in [2.75, 3.05) is 0 Å². The van der Waals surface area contributed by atoms with Crippen LogP contribution in [0.5, 0.6) is 0 Å². The molecule has 0 unspecified atom stereocenters. The lowest BCUT2D eigenvalue weighted by atomic mass is 9.90. The van der Waals surface area contributed by atoms with Crippen molar-refractivity contribution in [1.29, 1.82) is 0 Å². The fourth-order valence-electron chi connectivity index (χ4n) is 2.80. The molecule has 0 aromatic heterocycles. The van der Waals surface area contributed by atoms with Gasteiger partial charge in [0.15, 0.2) is 0 Å². The van der Waals surface area contributed by atoms with Gasteiger partial charge in [-0.2, -0.15) is 0 Å². The topological polar surface area (TPSA) is 32.3 Å². The minimum atomic E-state index is -0.611. The predicted octanol–water partition coefficient (Wildman–Crippen LogP) is 3.17. The van der Waals surface area contributed by atoms with E-state index in [4.69, 9.17) is 0 Å². The van der Waals surface area contributed by atoms with Crippen LogP contribution in [0.3, 0.4) is 0 Å². The highest BCUT2D eigenvalue weighted by atomic mass is 19.1. The molecular weight excluding hydrogens is 229 g/mol. The summed E-state index contributed by atoms with van der Waals surface area (Å²) in [5.74, 6) is -0.285. The zero-order valence-corrected chi connectivity index (χ0v) is 10.9. The molecule has 2 nitrogen and oxygen atoms in total. The molecule has 1 aromatic carbocycles. The summed E-state index contributed by atoms with van der Waals surface area (Å²) in [6.07, 6.45) is 4.96. The van der Waals surface area contributed by atoms with E-state index in [0.717, 1.165) is 25.7 Å². The van der Waals surface area contributed by atoms with Gasteiger partial charge in [-0.1, -0.05) is 31.9 Å². The van der Waals surface area contributed by atoms with Crippen molar-refractivity contribution in [3.8, 4) is 0 Å². The summed E-state index contributed by atoms with van der Waals surface area (Å²) in [5.41, 5.74) is 0.671. The summed E-state index contributed by atoms with van der Waals surface area (Å²) < 4.78 is 13.2. The molecule has 3 heteroatoms. The molecule has 1 fully saturated rings. The highest BCUT2D eigenvalue weighted by Gasteiger charge is 2.27. The second kappa shape index (κ2) is 6.30. The number of hydrogen-bond acceptors (Lipinski definition) is 2. The van der Waals surface area contributed by atoms with Crippen LogP contribution in [0.2, 0.25) is 0 Å². The molecular formula is C15H22FNO. The molecule has 0 aliphatic carbocycles. The van der Waals surface area contributed by atoms with Gasteiger partial charge >= 0.3 is 0 Å². The Bertz CT molecular complexity index is 381. The van der Waals surface area contributed by atoms with Gasteiger partial charge in [-0.25, -0.2) is 4.39 Å². The molecule has 1 aliphatic heterocycles. The van der Waals surface area contributed by atoms with E-state index in [1.165, 1.54) is 18.6 Å². The maximum absolute atomic E-state index is 13.2. The first kappa shape index (κ1) is 13.5. The lowest BCUT2D eigenvalue weighted by Crippen LogP contribution is -2.45. The van der Waals surface area contributed by atoms with Gasteiger partial charge in [-0.3, -0.25) is 0 Å². The molecule has 2 N–H and O–H groups in total. The molecule has 1 saturated heterocycles. The van der Waals surface area contributed by atoms with Crippen LogP contribution in [0.25, 0.3) is 0 Å². The Morgan fingerprint density at radius 2 is 2.28 bits per heavy atom. The molecule has 0 amide bonds. The Kier molecular flexibility index (Phi) is 4.72. The maximum Gasteiger partial charge on any atom is 0.123 e. The summed E-state index contributed by atoms with van der Waals surface area (Å²) in [7, 11) is 0. The van der Waals surface area contributed by atoms with Crippen LogP contribution in [-0.2, 0) is 0 Å². The number of halogens is 1. The van der Waals surface area contributed by atoms with Crippen molar-refractivity contribution in [1.82, 2.24) is 5.32 Å². The Hall–Kier alpha value is -0.930.